The molecule has 6 heteroatoms. The molecule has 2 rings (SSSR count). The number of nitrogens with two attached hydrogens (primary N) is 1. The molecule has 0 unspecified atom stereocenters. The van der Waals surface area contributed by atoms with Gasteiger partial charge in [0.2, 0.25) is 10.0 Å². The van der Waals surface area contributed by atoms with Crippen molar-refractivity contribution >= 4 is 15.8 Å². The lowest BCUT2D eigenvalue weighted by Gasteiger charge is -2.31. The van der Waals surface area contributed by atoms with Crippen LogP contribution in [0.5, 0.6) is 0 Å². The van der Waals surface area contributed by atoms with E-state index in [9.17, 15) is 8.42 Å². The molecule has 0 bridgehead atoms. The summed E-state index contributed by atoms with van der Waals surface area (Å²) >= 11 is 0. The van der Waals surface area contributed by atoms with Crippen molar-refractivity contribution in [2.75, 3.05) is 11.4 Å². The molecule has 0 spiro atoms. The molecule has 0 aliphatic carbocycles. The van der Waals surface area contributed by atoms with E-state index in [0.717, 1.165) is 25.8 Å². The van der Waals surface area contributed by atoms with E-state index in [-0.39, 0.29) is 10.3 Å². The van der Waals surface area contributed by atoms with Crippen LogP contribution >= 0.6 is 0 Å². The number of sulfonamides is 1. The van der Waals surface area contributed by atoms with E-state index in [1.165, 1.54) is 6.07 Å². The predicted octanol–water partition coefficient (Wildman–Crippen LogP) is 2.13. The second kappa shape index (κ2) is 5.33. The zero-order chi connectivity index (χ0) is 15.0. The van der Waals surface area contributed by atoms with Crippen LogP contribution in [0.3, 0.4) is 0 Å². The van der Waals surface area contributed by atoms with Crippen LogP contribution in [0, 0.1) is 5.41 Å². The summed E-state index contributed by atoms with van der Waals surface area (Å²) in [6.07, 6.45) is 4.75. The summed E-state index contributed by atoms with van der Waals surface area (Å²) in [5, 5.41) is 5.30. The highest BCUT2D eigenvalue weighted by molar-refractivity contribution is 7.89. The number of pyridine rings is 1. The van der Waals surface area contributed by atoms with Gasteiger partial charge in [-0.2, -0.15) is 0 Å². The molecule has 1 aromatic rings. The molecule has 2 heterocycles. The average molecular weight is 297 g/mol. The topological polar surface area (TPSA) is 76.3 Å². The molecule has 2 N–H and O–H groups in total. The molecule has 0 radical (unpaired) electrons. The highest BCUT2D eigenvalue weighted by Gasteiger charge is 2.32. The number of nitrogens with zero attached hydrogens (tertiary/aromatic N) is 2. The first-order valence-corrected chi connectivity index (χ1v) is 8.47. The van der Waals surface area contributed by atoms with Crippen molar-refractivity contribution in [1.82, 2.24) is 4.98 Å². The Labute approximate surface area is 121 Å². The zero-order valence-electron chi connectivity index (χ0n) is 12.3. The summed E-state index contributed by atoms with van der Waals surface area (Å²) in [5.41, 5.74) is 0.198. The Morgan fingerprint density at radius 3 is 2.75 bits per heavy atom. The summed E-state index contributed by atoms with van der Waals surface area (Å²) in [6, 6.07) is 3.47. The molecule has 1 atom stereocenters. The van der Waals surface area contributed by atoms with Gasteiger partial charge in [0.05, 0.1) is 0 Å². The predicted molar refractivity (Wildman–Crippen MR) is 80.1 cm³/mol. The highest BCUT2D eigenvalue weighted by atomic mass is 32.2. The molecule has 1 aliphatic rings. The van der Waals surface area contributed by atoms with Gasteiger partial charge < -0.3 is 4.90 Å². The van der Waals surface area contributed by atoms with Crippen LogP contribution in [0.4, 0.5) is 5.82 Å². The number of hydrogen-bond acceptors (Lipinski definition) is 4. The zero-order valence-corrected chi connectivity index (χ0v) is 13.2. The first-order chi connectivity index (χ1) is 9.18. The second-order valence-corrected chi connectivity index (χ2v) is 8.15. The summed E-state index contributed by atoms with van der Waals surface area (Å²) in [6.45, 7) is 7.42. The molecular weight excluding hydrogens is 274 g/mol. The maximum Gasteiger partial charge on any atom is 0.241 e. The van der Waals surface area contributed by atoms with Gasteiger partial charge in [-0.15, -0.1) is 0 Å². The normalized spacial score (nSPS) is 20.4. The molecule has 20 heavy (non-hydrogen) atoms. The van der Waals surface area contributed by atoms with Crippen molar-refractivity contribution < 1.29 is 8.42 Å². The molecule has 0 saturated carbocycles. The molecular formula is C14H23N3O2S. The Hall–Kier alpha value is -1.14. The van der Waals surface area contributed by atoms with Gasteiger partial charge >= 0.3 is 0 Å². The molecule has 1 aromatic heterocycles. The smallest absolute Gasteiger partial charge is 0.241 e. The fourth-order valence-corrected chi connectivity index (χ4v) is 3.55. The molecule has 1 saturated heterocycles. The van der Waals surface area contributed by atoms with Crippen LogP contribution in [0.1, 0.15) is 40.0 Å². The van der Waals surface area contributed by atoms with Gasteiger partial charge in [0.1, 0.15) is 10.7 Å². The Kier molecular flexibility index (Phi) is 4.07. The fourth-order valence-electron chi connectivity index (χ4n) is 2.85. The van der Waals surface area contributed by atoms with Crippen LogP contribution < -0.4 is 10.0 Å². The molecule has 112 valence electrons. The summed E-state index contributed by atoms with van der Waals surface area (Å²) in [4.78, 5) is 6.50. The second-order valence-electron chi connectivity index (χ2n) is 6.62. The first-order valence-electron chi connectivity index (χ1n) is 6.93. The van der Waals surface area contributed by atoms with Gasteiger partial charge in [-0.3, -0.25) is 0 Å². The van der Waals surface area contributed by atoms with Crippen molar-refractivity contribution in [2.45, 2.75) is 51.0 Å². The lowest BCUT2D eigenvalue weighted by atomic mass is 9.87. The van der Waals surface area contributed by atoms with Gasteiger partial charge in [-0.1, -0.05) is 20.8 Å². The average Bonchev–Trinajstić information content (AvgIpc) is 2.73. The summed E-state index contributed by atoms with van der Waals surface area (Å²) < 4.78 is 23.4. The number of anilines is 1. The maximum absolute atomic E-state index is 11.7. The van der Waals surface area contributed by atoms with E-state index < -0.39 is 10.0 Å². The minimum absolute atomic E-state index is 0.126. The van der Waals surface area contributed by atoms with E-state index in [1.807, 2.05) is 0 Å². The largest absolute Gasteiger partial charge is 0.352 e. The van der Waals surface area contributed by atoms with Crippen LogP contribution in [0.15, 0.2) is 23.2 Å². The van der Waals surface area contributed by atoms with Crippen LogP contribution in [0.2, 0.25) is 0 Å². The maximum atomic E-state index is 11.7. The van der Waals surface area contributed by atoms with Crippen LogP contribution in [-0.2, 0) is 10.0 Å². The molecule has 1 aliphatic heterocycles. The number of hydrogen-bond donors (Lipinski definition) is 1. The Morgan fingerprint density at radius 2 is 2.15 bits per heavy atom. The fraction of sp³-hybridized carbons (Fsp3) is 0.643. The first kappa shape index (κ1) is 15.3. The van der Waals surface area contributed by atoms with Gasteiger partial charge in [-0.25, -0.2) is 18.5 Å². The van der Waals surface area contributed by atoms with E-state index in [1.54, 1.807) is 12.3 Å². The van der Waals surface area contributed by atoms with Gasteiger partial charge in [-0.05, 0) is 36.8 Å². The molecule has 5 nitrogen and oxygen atoms in total. The van der Waals surface area contributed by atoms with Crippen LogP contribution in [0.25, 0.3) is 0 Å². The molecule has 0 aromatic carbocycles. The van der Waals surface area contributed by atoms with E-state index in [0.29, 0.717) is 11.9 Å². The lowest BCUT2D eigenvalue weighted by Crippen LogP contribution is -2.34. The molecule has 0 amide bonds. The SMILES string of the molecule is CC(C)(C)C[C@H]1CCCN1c1ncccc1S(N)(=O)=O. The van der Waals surface area contributed by atoms with Gasteiger partial charge in [0.15, 0.2) is 0 Å². The van der Waals surface area contributed by atoms with Gasteiger partial charge in [0.25, 0.3) is 0 Å². The van der Waals surface area contributed by atoms with Crippen molar-refractivity contribution in [3.05, 3.63) is 18.3 Å². The van der Waals surface area contributed by atoms with Crippen molar-refractivity contribution in [3.63, 3.8) is 0 Å². The van der Waals surface area contributed by atoms with E-state index >= 15 is 0 Å². The Morgan fingerprint density at radius 1 is 1.45 bits per heavy atom. The number of aromatic nitrogens is 1. The third kappa shape index (κ3) is 3.49. The Balaban J connectivity index is 2.36. The summed E-state index contributed by atoms with van der Waals surface area (Å²) in [5.74, 6) is 0.502. The van der Waals surface area contributed by atoms with Crippen molar-refractivity contribution in [2.24, 2.45) is 10.6 Å². The lowest BCUT2D eigenvalue weighted by molar-refractivity contribution is 0.338. The monoisotopic (exact) mass is 297 g/mol. The highest BCUT2D eigenvalue weighted by Crippen LogP contribution is 2.34. The van der Waals surface area contributed by atoms with Crippen molar-refractivity contribution in [1.29, 1.82) is 0 Å². The quantitative estimate of drug-likeness (QED) is 0.927. The standard InChI is InChI=1S/C14H23N3O2S/c1-14(2,3)10-11-6-5-9-17(11)13-12(20(15,18)19)7-4-8-16-13/h4,7-8,11H,5-6,9-10H2,1-3H3,(H2,15,18,19)/t11-/m1/s1. The Bertz CT molecular complexity index is 578. The third-order valence-corrected chi connectivity index (χ3v) is 4.49. The molecule has 1 fully saturated rings. The number of rotatable bonds is 3. The minimum Gasteiger partial charge on any atom is -0.352 e. The van der Waals surface area contributed by atoms with E-state index in [4.69, 9.17) is 5.14 Å². The van der Waals surface area contributed by atoms with E-state index in [2.05, 4.69) is 30.7 Å². The minimum atomic E-state index is -3.74. The van der Waals surface area contributed by atoms with Crippen LogP contribution in [-0.4, -0.2) is 26.0 Å². The van der Waals surface area contributed by atoms with Crippen molar-refractivity contribution in [3.8, 4) is 0 Å². The number of primary sulfonamides is 1. The van der Waals surface area contributed by atoms with Gasteiger partial charge in [0, 0.05) is 18.8 Å². The summed E-state index contributed by atoms with van der Waals surface area (Å²) in [7, 11) is -3.74. The third-order valence-electron chi connectivity index (χ3n) is 3.55.